The lowest BCUT2D eigenvalue weighted by atomic mass is 10.2. The van der Waals surface area contributed by atoms with Crippen molar-refractivity contribution >= 4 is 27.3 Å². The molecule has 25 heavy (non-hydrogen) atoms. The van der Waals surface area contributed by atoms with Gasteiger partial charge in [0.2, 0.25) is 10.0 Å². The average Bonchev–Trinajstić information content (AvgIpc) is 2.60. The SMILES string of the molecule is COc1ccccc1NC(=O)[C@H]1CN(S(C)(=O)=O)c2ccccc2O1. The van der Waals surface area contributed by atoms with Crippen LogP contribution in [0.2, 0.25) is 0 Å². The number of carbonyl (C=O) groups excluding carboxylic acids is 1. The lowest BCUT2D eigenvalue weighted by Crippen LogP contribution is -2.48. The fourth-order valence-corrected chi connectivity index (χ4v) is 3.53. The Labute approximate surface area is 146 Å². The molecule has 0 spiro atoms. The van der Waals surface area contributed by atoms with Crippen LogP contribution in [0.25, 0.3) is 0 Å². The van der Waals surface area contributed by atoms with Crippen LogP contribution >= 0.6 is 0 Å². The first-order valence-corrected chi connectivity index (χ1v) is 9.42. The summed E-state index contributed by atoms with van der Waals surface area (Å²) in [7, 11) is -2.04. The smallest absolute Gasteiger partial charge is 0.267 e. The van der Waals surface area contributed by atoms with Gasteiger partial charge in [-0.25, -0.2) is 8.42 Å². The molecule has 132 valence electrons. The number of carbonyl (C=O) groups is 1. The normalized spacial score (nSPS) is 16.6. The minimum absolute atomic E-state index is 0.100. The molecule has 3 rings (SSSR count). The zero-order valence-corrected chi connectivity index (χ0v) is 14.6. The fourth-order valence-electron chi connectivity index (χ4n) is 2.61. The first-order valence-electron chi connectivity index (χ1n) is 7.57. The highest BCUT2D eigenvalue weighted by Crippen LogP contribution is 2.35. The lowest BCUT2D eigenvalue weighted by Gasteiger charge is -2.33. The van der Waals surface area contributed by atoms with Crippen molar-refractivity contribution in [3.8, 4) is 11.5 Å². The van der Waals surface area contributed by atoms with E-state index >= 15 is 0 Å². The number of nitrogens with one attached hydrogen (secondary N) is 1. The molecular formula is C17H18N2O5S. The third kappa shape index (κ3) is 3.53. The van der Waals surface area contributed by atoms with Gasteiger partial charge >= 0.3 is 0 Å². The van der Waals surface area contributed by atoms with Crippen LogP contribution in [0, 0.1) is 0 Å². The van der Waals surface area contributed by atoms with E-state index in [9.17, 15) is 13.2 Å². The molecule has 0 aromatic heterocycles. The molecule has 1 aliphatic rings. The van der Waals surface area contributed by atoms with Crippen LogP contribution < -0.4 is 19.1 Å². The van der Waals surface area contributed by atoms with Crippen LogP contribution in [-0.4, -0.2) is 40.3 Å². The summed E-state index contributed by atoms with van der Waals surface area (Å²) in [5, 5.41) is 2.72. The second-order valence-electron chi connectivity index (χ2n) is 5.56. The maximum absolute atomic E-state index is 12.6. The zero-order chi connectivity index (χ0) is 18.0. The second-order valence-corrected chi connectivity index (χ2v) is 7.46. The minimum atomic E-state index is -3.54. The number of hydrogen-bond acceptors (Lipinski definition) is 5. The number of ether oxygens (including phenoxy) is 2. The van der Waals surface area contributed by atoms with Crippen molar-refractivity contribution in [2.45, 2.75) is 6.10 Å². The molecule has 1 aliphatic heterocycles. The van der Waals surface area contributed by atoms with E-state index in [0.29, 0.717) is 22.9 Å². The molecular weight excluding hydrogens is 344 g/mol. The summed E-state index contributed by atoms with van der Waals surface area (Å²) in [6, 6.07) is 13.7. The standard InChI is InChI=1S/C17H18N2O5S/c1-23-14-9-5-3-7-12(14)18-17(20)16-11-19(25(2,21)22)13-8-4-6-10-15(13)24-16/h3-10,16H,11H2,1-2H3,(H,18,20)/t16-/m1/s1. The molecule has 1 atom stereocenters. The maximum atomic E-state index is 12.6. The van der Waals surface area contributed by atoms with Gasteiger partial charge in [-0.3, -0.25) is 9.10 Å². The number of nitrogens with zero attached hydrogens (tertiary/aromatic N) is 1. The predicted octanol–water partition coefficient (Wildman–Crippen LogP) is 1.86. The van der Waals surface area contributed by atoms with Gasteiger partial charge in [0.05, 0.1) is 31.3 Å². The van der Waals surface area contributed by atoms with Crippen molar-refractivity contribution in [2.75, 3.05) is 29.5 Å². The molecule has 0 fully saturated rings. The largest absolute Gasteiger partial charge is 0.495 e. The van der Waals surface area contributed by atoms with Gasteiger partial charge in [-0.1, -0.05) is 24.3 Å². The number of hydrogen-bond donors (Lipinski definition) is 1. The Morgan fingerprint density at radius 3 is 2.60 bits per heavy atom. The Morgan fingerprint density at radius 1 is 1.20 bits per heavy atom. The number of methoxy groups -OCH3 is 1. The van der Waals surface area contributed by atoms with E-state index in [0.717, 1.165) is 6.26 Å². The summed E-state index contributed by atoms with van der Waals surface area (Å²) in [4.78, 5) is 12.6. The number of para-hydroxylation sites is 4. The summed E-state index contributed by atoms with van der Waals surface area (Å²) in [5.74, 6) is 0.402. The molecule has 2 aromatic rings. The van der Waals surface area contributed by atoms with Gasteiger partial charge in [0.15, 0.2) is 6.10 Å². The molecule has 8 heteroatoms. The van der Waals surface area contributed by atoms with Crippen LogP contribution in [0.15, 0.2) is 48.5 Å². The lowest BCUT2D eigenvalue weighted by molar-refractivity contribution is -0.122. The highest BCUT2D eigenvalue weighted by Gasteiger charge is 2.35. The first-order chi connectivity index (χ1) is 11.9. The van der Waals surface area contributed by atoms with Gasteiger partial charge in [-0.15, -0.1) is 0 Å². The van der Waals surface area contributed by atoms with Gasteiger partial charge in [0.25, 0.3) is 5.91 Å². The third-order valence-corrected chi connectivity index (χ3v) is 4.94. The van der Waals surface area contributed by atoms with Crippen molar-refractivity contribution in [1.29, 1.82) is 0 Å². The van der Waals surface area contributed by atoms with Crippen molar-refractivity contribution in [2.24, 2.45) is 0 Å². The fraction of sp³-hybridized carbons (Fsp3) is 0.235. The number of benzene rings is 2. The predicted molar refractivity (Wildman–Crippen MR) is 94.7 cm³/mol. The average molecular weight is 362 g/mol. The van der Waals surface area contributed by atoms with Gasteiger partial charge in [-0.05, 0) is 24.3 Å². The van der Waals surface area contributed by atoms with Crippen LogP contribution in [0.1, 0.15) is 0 Å². The van der Waals surface area contributed by atoms with Crippen LogP contribution in [0.3, 0.4) is 0 Å². The Bertz CT molecular complexity index is 897. The number of anilines is 2. The van der Waals surface area contributed by atoms with E-state index in [4.69, 9.17) is 9.47 Å². The number of rotatable bonds is 4. The van der Waals surface area contributed by atoms with E-state index < -0.39 is 22.0 Å². The summed E-state index contributed by atoms with van der Waals surface area (Å²) in [5.41, 5.74) is 0.912. The highest BCUT2D eigenvalue weighted by atomic mass is 32.2. The van der Waals surface area contributed by atoms with E-state index in [1.807, 2.05) is 0 Å². The molecule has 0 bridgehead atoms. The molecule has 0 aliphatic carbocycles. The Balaban J connectivity index is 1.87. The van der Waals surface area contributed by atoms with E-state index in [2.05, 4.69) is 5.32 Å². The minimum Gasteiger partial charge on any atom is -0.495 e. The van der Waals surface area contributed by atoms with Crippen molar-refractivity contribution in [3.63, 3.8) is 0 Å². The quantitative estimate of drug-likeness (QED) is 0.897. The number of amides is 1. The summed E-state index contributed by atoms with van der Waals surface area (Å²) >= 11 is 0. The number of fused-ring (bicyclic) bond motifs is 1. The first kappa shape index (κ1) is 17.1. The van der Waals surface area contributed by atoms with Crippen LogP contribution in [0.5, 0.6) is 11.5 Å². The molecule has 2 aromatic carbocycles. The second kappa shape index (κ2) is 6.64. The molecule has 0 saturated heterocycles. The van der Waals surface area contributed by atoms with Crippen molar-refractivity contribution < 1.29 is 22.7 Å². The molecule has 1 amide bonds. The highest BCUT2D eigenvalue weighted by molar-refractivity contribution is 7.92. The van der Waals surface area contributed by atoms with Crippen LogP contribution in [0.4, 0.5) is 11.4 Å². The topological polar surface area (TPSA) is 84.9 Å². The summed E-state index contributed by atoms with van der Waals surface area (Å²) in [6.07, 6.45) is 0.124. The molecule has 0 unspecified atom stereocenters. The summed E-state index contributed by atoms with van der Waals surface area (Å²) < 4.78 is 36.3. The van der Waals surface area contributed by atoms with Gasteiger partial charge in [0, 0.05) is 0 Å². The third-order valence-electron chi connectivity index (χ3n) is 3.79. The maximum Gasteiger partial charge on any atom is 0.267 e. The zero-order valence-electron chi connectivity index (χ0n) is 13.8. The van der Waals surface area contributed by atoms with Gasteiger partial charge < -0.3 is 14.8 Å². The molecule has 1 heterocycles. The Hall–Kier alpha value is -2.74. The number of sulfonamides is 1. The summed E-state index contributed by atoms with van der Waals surface area (Å²) in [6.45, 7) is -0.100. The molecule has 0 saturated carbocycles. The van der Waals surface area contributed by atoms with Crippen LogP contribution in [-0.2, 0) is 14.8 Å². The molecule has 7 nitrogen and oxygen atoms in total. The van der Waals surface area contributed by atoms with Crippen molar-refractivity contribution in [3.05, 3.63) is 48.5 Å². The van der Waals surface area contributed by atoms with Crippen molar-refractivity contribution in [1.82, 2.24) is 0 Å². The van der Waals surface area contributed by atoms with Gasteiger partial charge in [0.1, 0.15) is 11.5 Å². The monoisotopic (exact) mass is 362 g/mol. The Morgan fingerprint density at radius 2 is 1.88 bits per heavy atom. The van der Waals surface area contributed by atoms with E-state index in [-0.39, 0.29) is 6.54 Å². The molecule has 1 N–H and O–H groups in total. The van der Waals surface area contributed by atoms with E-state index in [1.54, 1.807) is 48.5 Å². The Kier molecular flexibility index (Phi) is 4.54. The molecule has 0 radical (unpaired) electrons. The van der Waals surface area contributed by atoms with E-state index in [1.165, 1.54) is 11.4 Å². The van der Waals surface area contributed by atoms with Gasteiger partial charge in [-0.2, -0.15) is 0 Å².